The molecule has 1 saturated heterocycles. The summed E-state index contributed by atoms with van der Waals surface area (Å²) in [5.74, 6) is 0.402. The summed E-state index contributed by atoms with van der Waals surface area (Å²) in [6, 6.07) is 15.0. The molecule has 37 heavy (non-hydrogen) atoms. The van der Waals surface area contributed by atoms with E-state index < -0.39 is 23.3 Å². The van der Waals surface area contributed by atoms with E-state index in [-0.39, 0.29) is 24.8 Å². The standard InChI is InChI=1S/C30H39NO6/c1-29(2,3)36-27(33)16-18-35-26-15-8-7-13-23(26)22-12-9-11-21(19-22)20-24-25(32)14-10-17-31(24)28(34)37-30(4,5)6/h7-9,11-13,15,19,24H,10,14,16-18,20H2,1-6H3. The zero-order chi connectivity index (χ0) is 27.2. The van der Waals surface area contributed by atoms with Gasteiger partial charge in [-0.3, -0.25) is 14.5 Å². The second kappa shape index (κ2) is 11.8. The normalized spacial score (nSPS) is 16.3. The second-order valence-corrected chi connectivity index (χ2v) is 11.3. The number of ether oxygens (including phenoxy) is 3. The fourth-order valence-corrected chi connectivity index (χ4v) is 4.24. The predicted molar refractivity (Wildman–Crippen MR) is 143 cm³/mol. The zero-order valence-electron chi connectivity index (χ0n) is 22.8. The van der Waals surface area contributed by atoms with Gasteiger partial charge in [0.2, 0.25) is 0 Å². The smallest absolute Gasteiger partial charge is 0.410 e. The highest BCUT2D eigenvalue weighted by Gasteiger charge is 2.35. The summed E-state index contributed by atoms with van der Waals surface area (Å²) < 4.78 is 16.9. The van der Waals surface area contributed by atoms with E-state index in [4.69, 9.17) is 14.2 Å². The van der Waals surface area contributed by atoms with Crippen LogP contribution in [0.5, 0.6) is 5.75 Å². The molecule has 1 amide bonds. The third-order valence-corrected chi connectivity index (χ3v) is 5.74. The Morgan fingerprint density at radius 3 is 2.35 bits per heavy atom. The van der Waals surface area contributed by atoms with Gasteiger partial charge in [0.25, 0.3) is 0 Å². The molecule has 200 valence electrons. The summed E-state index contributed by atoms with van der Waals surface area (Å²) in [6.45, 7) is 11.7. The van der Waals surface area contributed by atoms with Crippen molar-refractivity contribution in [3.63, 3.8) is 0 Å². The van der Waals surface area contributed by atoms with Gasteiger partial charge in [-0.25, -0.2) is 4.79 Å². The van der Waals surface area contributed by atoms with Crippen LogP contribution in [0.2, 0.25) is 0 Å². The number of hydrogen-bond acceptors (Lipinski definition) is 6. The monoisotopic (exact) mass is 509 g/mol. The minimum absolute atomic E-state index is 0.0494. The lowest BCUT2D eigenvalue weighted by Gasteiger charge is -2.36. The molecule has 0 saturated carbocycles. The van der Waals surface area contributed by atoms with E-state index in [0.29, 0.717) is 31.6 Å². The molecule has 0 bridgehead atoms. The maximum atomic E-state index is 12.8. The number of amides is 1. The molecule has 0 aliphatic carbocycles. The number of carbonyl (C=O) groups is 3. The van der Waals surface area contributed by atoms with Crippen LogP contribution in [0.4, 0.5) is 4.79 Å². The van der Waals surface area contributed by atoms with Crippen molar-refractivity contribution in [1.82, 2.24) is 4.90 Å². The van der Waals surface area contributed by atoms with Crippen molar-refractivity contribution in [3.05, 3.63) is 54.1 Å². The van der Waals surface area contributed by atoms with Crippen molar-refractivity contribution in [2.24, 2.45) is 0 Å². The van der Waals surface area contributed by atoms with E-state index in [9.17, 15) is 14.4 Å². The molecule has 7 nitrogen and oxygen atoms in total. The van der Waals surface area contributed by atoms with Gasteiger partial charge in [-0.2, -0.15) is 0 Å². The van der Waals surface area contributed by atoms with Crippen molar-refractivity contribution in [1.29, 1.82) is 0 Å². The Bertz CT molecular complexity index is 1110. The van der Waals surface area contributed by atoms with Crippen LogP contribution in [0.3, 0.4) is 0 Å². The van der Waals surface area contributed by atoms with Crippen LogP contribution in [0.25, 0.3) is 11.1 Å². The molecule has 3 rings (SSSR count). The molecule has 0 aromatic heterocycles. The van der Waals surface area contributed by atoms with E-state index >= 15 is 0 Å². The molecule has 1 aliphatic rings. The largest absolute Gasteiger partial charge is 0.492 e. The molecular formula is C30H39NO6. The molecule has 7 heteroatoms. The van der Waals surface area contributed by atoms with E-state index in [1.54, 1.807) is 4.90 Å². The molecule has 2 aromatic carbocycles. The van der Waals surface area contributed by atoms with Crippen molar-refractivity contribution < 1.29 is 28.6 Å². The number of likely N-dealkylation sites (tertiary alicyclic amines) is 1. The molecular weight excluding hydrogens is 470 g/mol. The summed E-state index contributed by atoms with van der Waals surface area (Å²) in [7, 11) is 0. The first-order valence-corrected chi connectivity index (χ1v) is 12.9. The molecule has 1 fully saturated rings. The van der Waals surface area contributed by atoms with Gasteiger partial charge in [-0.05, 0) is 65.2 Å². The summed E-state index contributed by atoms with van der Waals surface area (Å²) in [5, 5.41) is 0. The predicted octanol–water partition coefficient (Wildman–Crippen LogP) is 5.98. The first-order chi connectivity index (χ1) is 17.3. The van der Waals surface area contributed by atoms with Crippen LogP contribution in [-0.2, 0) is 25.5 Å². The Hall–Kier alpha value is -3.35. The number of Topliss-reactive ketones (excluding diaryl/α,β-unsaturated/α-hetero) is 1. The molecule has 1 atom stereocenters. The number of esters is 1. The second-order valence-electron chi connectivity index (χ2n) is 11.3. The van der Waals surface area contributed by atoms with Crippen LogP contribution in [0.15, 0.2) is 48.5 Å². The molecule has 0 N–H and O–H groups in total. The highest BCUT2D eigenvalue weighted by Crippen LogP contribution is 2.31. The fourth-order valence-electron chi connectivity index (χ4n) is 4.24. The Kier molecular flexibility index (Phi) is 9.00. The Labute approximate surface area is 220 Å². The van der Waals surface area contributed by atoms with Gasteiger partial charge in [0.1, 0.15) is 17.0 Å². The minimum Gasteiger partial charge on any atom is -0.492 e. The van der Waals surface area contributed by atoms with E-state index in [1.807, 2.05) is 90.1 Å². The average Bonchev–Trinajstić information content (AvgIpc) is 2.78. The maximum Gasteiger partial charge on any atom is 0.410 e. The van der Waals surface area contributed by atoms with Crippen LogP contribution in [0.1, 0.15) is 66.4 Å². The number of carbonyl (C=O) groups excluding carboxylic acids is 3. The third-order valence-electron chi connectivity index (χ3n) is 5.74. The van der Waals surface area contributed by atoms with Gasteiger partial charge in [-0.1, -0.05) is 42.5 Å². The zero-order valence-corrected chi connectivity index (χ0v) is 22.8. The van der Waals surface area contributed by atoms with Crippen LogP contribution in [0, 0.1) is 0 Å². The summed E-state index contributed by atoms with van der Waals surface area (Å²) in [6.07, 6.45) is 1.20. The Morgan fingerprint density at radius 1 is 0.946 bits per heavy atom. The molecule has 1 unspecified atom stereocenters. The molecule has 2 aromatic rings. The van der Waals surface area contributed by atoms with Crippen LogP contribution < -0.4 is 4.74 Å². The van der Waals surface area contributed by atoms with Crippen LogP contribution in [-0.4, -0.2) is 53.1 Å². The highest BCUT2D eigenvalue weighted by molar-refractivity contribution is 5.89. The maximum absolute atomic E-state index is 12.8. The Balaban J connectivity index is 1.74. The quantitative estimate of drug-likeness (QED) is 0.428. The lowest BCUT2D eigenvalue weighted by atomic mass is 9.93. The van der Waals surface area contributed by atoms with Gasteiger partial charge in [-0.15, -0.1) is 0 Å². The molecule has 1 aliphatic heterocycles. The van der Waals surface area contributed by atoms with E-state index in [0.717, 1.165) is 16.7 Å². The average molecular weight is 510 g/mol. The number of piperidine rings is 1. The van der Waals surface area contributed by atoms with Gasteiger partial charge >= 0.3 is 12.1 Å². The third kappa shape index (κ3) is 8.62. The number of benzene rings is 2. The molecule has 1 heterocycles. The fraction of sp³-hybridized carbons (Fsp3) is 0.500. The molecule has 0 radical (unpaired) electrons. The number of hydrogen-bond donors (Lipinski definition) is 0. The lowest BCUT2D eigenvalue weighted by molar-refractivity contribution is -0.155. The van der Waals surface area contributed by atoms with Crippen molar-refractivity contribution >= 4 is 17.8 Å². The van der Waals surface area contributed by atoms with E-state index in [2.05, 4.69) is 0 Å². The highest BCUT2D eigenvalue weighted by atomic mass is 16.6. The summed E-state index contributed by atoms with van der Waals surface area (Å²) >= 11 is 0. The summed E-state index contributed by atoms with van der Waals surface area (Å²) in [4.78, 5) is 39.3. The van der Waals surface area contributed by atoms with Crippen molar-refractivity contribution in [3.8, 4) is 16.9 Å². The van der Waals surface area contributed by atoms with E-state index in [1.165, 1.54) is 0 Å². The number of nitrogens with zero attached hydrogens (tertiary/aromatic N) is 1. The topological polar surface area (TPSA) is 82.1 Å². The van der Waals surface area contributed by atoms with Gasteiger partial charge in [0.15, 0.2) is 5.78 Å². The van der Waals surface area contributed by atoms with Crippen molar-refractivity contribution in [2.45, 2.75) is 84.5 Å². The van der Waals surface area contributed by atoms with Crippen LogP contribution >= 0.6 is 0 Å². The van der Waals surface area contributed by atoms with Gasteiger partial charge in [0.05, 0.1) is 19.1 Å². The number of ketones is 1. The molecule has 0 spiro atoms. The lowest BCUT2D eigenvalue weighted by Crippen LogP contribution is -2.51. The number of rotatable bonds is 7. The number of para-hydroxylation sites is 1. The van der Waals surface area contributed by atoms with Crippen molar-refractivity contribution in [2.75, 3.05) is 13.2 Å². The van der Waals surface area contributed by atoms with Gasteiger partial charge in [0, 0.05) is 24.9 Å². The SMILES string of the molecule is CC(C)(C)OC(=O)CCOc1ccccc1-c1cccc(CC2C(=O)CCCN2C(=O)OC(C)(C)C)c1. The van der Waals surface area contributed by atoms with Gasteiger partial charge < -0.3 is 14.2 Å². The summed E-state index contributed by atoms with van der Waals surface area (Å²) in [5.41, 5.74) is 1.59. The minimum atomic E-state index is -0.630. The first-order valence-electron chi connectivity index (χ1n) is 12.9. The Morgan fingerprint density at radius 2 is 1.65 bits per heavy atom. The first kappa shape index (κ1) is 28.2.